The van der Waals surface area contributed by atoms with Gasteiger partial charge in [-0.2, -0.15) is 0 Å². The molecule has 2 amide bonds. The smallest absolute Gasteiger partial charge is 0.348 e. The first-order chi connectivity index (χ1) is 24.0. The van der Waals surface area contributed by atoms with Crippen LogP contribution in [0.25, 0.3) is 43.9 Å². The summed E-state index contributed by atoms with van der Waals surface area (Å²) in [5.41, 5.74) is 2.40. The van der Waals surface area contributed by atoms with Crippen LogP contribution >= 0.6 is 0 Å². The maximum absolute atomic E-state index is 12.9. The zero-order valence-corrected chi connectivity index (χ0v) is 26.6. The number of hydrogen-bond donors (Lipinski definition) is 2. The van der Waals surface area contributed by atoms with E-state index in [0.717, 1.165) is 39.9 Å². The molecular formula is C40H33N5O4. The van der Waals surface area contributed by atoms with Gasteiger partial charge >= 0.3 is 5.63 Å². The number of anilines is 1. The van der Waals surface area contributed by atoms with Gasteiger partial charge in [0.25, 0.3) is 11.8 Å². The van der Waals surface area contributed by atoms with Gasteiger partial charge in [-0.1, -0.05) is 85.6 Å². The molecule has 8 rings (SSSR count). The van der Waals surface area contributed by atoms with E-state index in [1.807, 2.05) is 78.9 Å². The van der Waals surface area contributed by atoms with Crippen LogP contribution in [0.4, 0.5) is 5.69 Å². The molecule has 9 heteroatoms. The van der Waals surface area contributed by atoms with Gasteiger partial charge in [-0.15, -0.1) is 0 Å². The lowest BCUT2D eigenvalue weighted by Gasteiger charge is -2.14. The van der Waals surface area contributed by atoms with Gasteiger partial charge in [0.15, 0.2) is 0 Å². The summed E-state index contributed by atoms with van der Waals surface area (Å²) in [5.74, 6) is 0.436. The van der Waals surface area contributed by atoms with Gasteiger partial charge in [0.1, 0.15) is 5.39 Å². The number of carbonyl (C=O) groups excluding carboxylic acids is 2. The standard InChI is InChI=1S/C23H23N3O2.C17H10N2O2/c27-22(25-14-16-6-1-2-7-16)20-15-24-13-12-21(20)26-23(28)19-11-5-9-17-8-3-4-10-18(17)19;20-17-14-10-18-9-8-15(14)19-16(21-17)13-7-3-5-11-4-1-2-6-12(11)13/h3-5,8-13,15-16H,1-2,6-7,14H2,(H,25,27)(H,24,26,28);1-10H. The fourth-order valence-corrected chi connectivity index (χ4v) is 6.29. The Bertz CT molecular complexity index is 2350. The molecule has 1 saturated carbocycles. The van der Waals surface area contributed by atoms with E-state index in [4.69, 9.17) is 4.42 Å². The predicted octanol–water partition coefficient (Wildman–Crippen LogP) is 7.81. The molecule has 1 aliphatic carbocycles. The minimum absolute atomic E-state index is 0.201. The largest absolute Gasteiger partial charge is 0.403 e. The quantitative estimate of drug-likeness (QED) is 0.188. The molecule has 0 bridgehead atoms. The van der Waals surface area contributed by atoms with Gasteiger partial charge in [-0.25, -0.2) is 9.78 Å². The number of nitrogens with one attached hydrogen (secondary N) is 2. The number of benzene rings is 4. The van der Waals surface area contributed by atoms with Crippen molar-refractivity contribution in [2.75, 3.05) is 11.9 Å². The zero-order chi connectivity index (χ0) is 33.6. The Morgan fingerprint density at radius 3 is 2.18 bits per heavy atom. The van der Waals surface area contributed by atoms with Crippen molar-refractivity contribution in [3.8, 4) is 11.5 Å². The lowest BCUT2D eigenvalue weighted by atomic mass is 10.0. The fraction of sp³-hybridized carbons (Fsp3) is 0.150. The van der Waals surface area contributed by atoms with Crippen LogP contribution in [0.1, 0.15) is 46.4 Å². The zero-order valence-electron chi connectivity index (χ0n) is 26.6. The minimum Gasteiger partial charge on any atom is -0.403 e. The lowest BCUT2D eigenvalue weighted by molar-refractivity contribution is 0.0948. The number of hydrogen-bond acceptors (Lipinski definition) is 7. The van der Waals surface area contributed by atoms with Gasteiger partial charge in [0.05, 0.1) is 16.8 Å². The highest BCUT2D eigenvalue weighted by molar-refractivity contribution is 6.14. The summed E-state index contributed by atoms with van der Waals surface area (Å²) in [4.78, 5) is 50.1. The van der Waals surface area contributed by atoms with Gasteiger partial charge in [-0.3, -0.25) is 19.6 Å². The normalized spacial score (nSPS) is 12.8. The van der Waals surface area contributed by atoms with Crippen molar-refractivity contribution in [2.24, 2.45) is 5.92 Å². The highest BCUT2D eigenvalue weighted by Crippen LogP contribution is 2.28. The molecule has 3 heterocycles. The van der Waals surface area contributed by atoms with Gasteiger partial charge < -0.3 is 15.1 Å². The Labute approximate surface area is 282 Å². The Kier molecular flexibility index (Phi) is 9.14. The molecule has 9 nitrogen and oxygen atoms in total. The summed E-state index contributed by atoms with van der Waals surface area (Å²) < 4.78 is 5.38. The Balaban J connectivity index is 0.000000160. The average molecular weight is 648 g/mol. The third kappa shape index (κ3) is 6.92. The van der Waals surface area contributed by atoms with Crippen molar-refractivity contribution in [3.63, 3.8) is 0 Å². The second-order valence-corrected chi connectivity index (χ2v) is 12.0. The molecule has 2 N–H and O–H groups in total. The van der Waals surface area contributed by atoms with Crippen molar-refractivity contribution in [3.05, 3.63) is 143 Å². The third-order valence-electron chi connectivity index (χ3n) is 8.82. The van der Waals surface area contributed by atoms with E-state index in [2.05, 4.69) is 25.6 Å². The molecule has 242 valence electrons. The maximum atomic E-state index is 12.9. The molecule has 1 aliphatic rings. The number of carbonyl (C=O) groups is 2. The molecule has 0 saturated heterocycles. The van der Waals surface area contributed by atoms with Crippen LogP contribution in [0, 0.1) is 5.92 Å². The Morgan fingerprint density at radius 2 is 1.37 bits per heavy atom. The molecule has 0 radical (unpaired) electrons. The van der Waals surface area contributed by atoms with E-state index in [1.165, 1.54) is 25.2 Å². The lowest BCUT2D eigenvalue weighted by Crippen LogP contribution is -2.29. The summed E-state index contributed by atoms with van der Waals surface area (Å²) in [5, 5.41) is 10.2. The van der Waals surface area contributed by atoms with E-state index in [0.29, 0.717) is 46.1 Å². The predicted molar refractivity (Wildman–Crippen MR) is 191 cm³/mol. The molecule has 0 spiro atoms. The van der Waals surface area contributed by atoms with Crippen LogP contribution in [-0.2, 0) is 0 Å². The fourth-order valence-electron chi connectivity index (χ4n) is 6.29. The first kappa shape index (κ1) is 31.4. The SMILES string of the molecule is O=C(NCC1CCCC1)c1cnccc1NC(=O)c1cccc2ccccc12.O=c1oc(-c2cccc3ccccc23)nc2ccncc12. The summed E-state index contributed by atoms with van der Waals surface area (Å²) in [7, 11) is 0. The van der Waals surface area contributed by atoms with E-state index in [-0.39, 0.29) is 11.8 Å². The first-order valence-electron chi connectivity index (χ1n) is 16.3. The minimum atomic E-state index is -0.420. The molecule has 0 unspecified atom stereocenters. The molecule has 4 aromatic carbocycles. The third-order valence-corrected chi connectivity index (χ3v) is 8.82. The number of rotatable bonds is 6. The monoisotopic (exact) mass is 647 g/mol. The van der Waals surface area contributed by atoms with E-state index < -0.39 is 5.63 Å². The van der Waals surface area contributed by atoms with E-state index >= 15 is 0 Å². The molecule has 0 atom stereocenters. The highest BCUT2D eigenvalue weighted by atomic mass is 16.4. The Morgan fingerprint density at radius 1 is 0.694 bits per heavy atom. The number of amides is 2. The summed E-state index contributed by atoms with van der Waals surface area (Å²) in [6.45, 7) is 0.671. The maximum Gasteiger partial charge on any atom is 0.348 e. The Hall–Kier alpha value is -6.22. The number of fused-ring (bicyclic) bond motifs is 3. The van der Waals surface area contributed by atoms with Gasteiger partial charge in [-0.05, 0) is 64.6 Å². The number of pyridine rings is 2. The number of nitrogens with zero attached hydrogens (tertiary/aromatic N) is 3. The van der Waals surface area contributed by atoms with Gasteiger partial charge in [0, 0.05) is 42.5 Å². The second kappa shape index (κ2) is 14.3. The van der Waals surface area contributed by atoms with Crippen LogP contribution in [-0.4, -0.2) is 33.3 Å². The molecule has 49 heavy (non-hydrogen) atoms. The van der Waals surface area contributed by atoms with Crippen molar-refractivity contribution in [1.82, 2.24) is 20.3 Å². The van der Waals surface area contributed by atoms with Crippen molar-refractivity contribution in [1.29, 1.82) is 0 Å². The molecule has 3 aromatic heterocycles. The van der Waals surface area contributed by atoms with Crippen molar-refractivity contribution in [2.45, 2.75) is 25.7 Å². The molecule has 0 aliphatic heterocycles. The summed E-state index contributed by atoms with van der Waals surface area (Å²) in [6.07, 6.45) is 11.0. The topological polar surface area (TPSA) is 127 Å². The van der Waals surface area contributed by atoms with Gasteiger partial charge in [0.2, 0.25) is 5.89 Å². The van der Waals surface area contributed by atoms with Crippen LogP contribution in [0.2, 0.25) is 0 Å². The van der Waals surface area contributed by atoms with E-state index in [9.17, 15) is 14.4 Å². The molecule has 7 aromatic rings. The van der Waals surface area contributed by atoms with Crippen LogP contribution < -0.4 is 16.3 Å². The molecular weight excluding hydrogens is 614 g/mol. The summed E-state index contributed by atoms with van der Waals surface area (Å²) >= 11 is 0. The van der Waals surface area contributed by atoms with Crippen LogP contribution in [0.15, 0.2) is 131 Å². The average Bonchev–Trinajstić information content (AvgIpc) is 3.68. The highest BCUT2D eigenvalue weighted by Gasteiger charge is 2.19. The molecule has 1 fully saturated rings. The number of aromatic nitrogens is 3. The van der Waals surface area contributed by atoms with Crippen LogP contribution in [0.5, 0.6) is 0 Å². The van der Waals surface area contributed by atoms with Crippen LogP contribution in [0.3, 0.4) is 0 Å². The first-order valence-corrected chi connectivity index (χ1v) is 16.3. The van der Waals surface area contributed by atoms with E-state index in [1.54, 1.807) is 30.6 Å². The second-order valence-electron chi connectivity index (χ2n) is 12.0. The summed E-state index contributed by atoms with van der Waals surface area (Å²) in [6, 6.07) is 30.5. The van der Waals surface area contributed by atoms with Crippen molar-refractivity contribution < 1.29 is 14.0 Å². The van der Waals surface area contributed by atoms with Crippen molar-refractivity contribution >= 4 is 49.9 Å².